The highest BCUT2D eigenvalue weighted by atomic mass is 16.6. The van der Waals surface area contributed by atoms with Crippen molar-refractivity contribution in [2.24, 2.45) is 0 Å². The molecule has 2 fully saturated rings. The van der Waals surface area contributed by atoms with E-state index in [4.69, 9.17) is 0 Å². The fraction of sp³-hybridized carbons (Fsp3) is 0.611. The van der Waals surface area contributed by atoms with Gasteiger partial charge in [-0.25, -0.2) is 0 Å². The van der Waals surface area contributed by atoms with Gasteiger partial charge in [-0.1, -0.05) is 19.3 Å². The number of nitrogens with zero attached hydrogens (tertiary/aromatic N) is 2. The first kappa shape index (κ1) is 16.9. The SMILES string of the molecule is O=C(c1ccc([N+](=O)[O-])cc1)N1CCC(NC2CCCCC2)CC1. The minimum atomic E-state index is -0.448. The Balaban J connectivity index is 1.50. The number of hydrogen-bond acceptors (Lipinski definition) is 4. The second-order valence-electron chi connectivity index (χ2n) is 6.87. The molecule has 1 heterocycles. The number of likely N-dealkylation sites (tertiary alicyclic amines) is 1. The number of rotatable bonds is 4. The van der Waals surface area contributed by atoms with E-state index in [9.17, 15) is 14.9 Å². The van der Waals surface area contributed by atoms with Gasteiger partial charge >= 0.3 is 0 Å². The van der Waals surface area contributed by atoms with Crippen molar-refractivity contribution >= 4 is 11.6 Å². The van der Waals surface area contributed by atoms with E-state index in [1.165, 1.54) is 44.2 Å². The van der Waals surface area contributed by atoms with Crippen LogP contribution in [0.4, 0.5) is 5.69 Å². The molecular formula is C18H25N3O3. The Hall–Kier alpha value is -1.95. The normalized spacial score (nSPS) is 20.1. The van der Waals surface area contributed by atoms with Crippen LogP contribution >= 0.6 is 0 Å². The minimum absolute atomic E-state index is 0.0157. The lowest BCUT2D eigenvalue weighted by molar-refractivity contribution is -0.384. The van der Waals surface area contributed by atoms with Crippen LogP contribution in [-0.4, -0.2) is 40.9 Å². The molecule has 3 rings (SSSR count). The summed E-state index contributed by atoms with van der Waals surface area (Å²) in [5, 5.41) is 14.5. The molecule has 1 aliphatic heterocycles. The molecule has 1 N–H and O–H groups in total. The van der Waals surface area contributed by atoms with Crippen molar-refractivity contribution in [3.8, 4) is 0 Å². The van der Waals surface area contributed by atoms with Crippen LogP contribution in [0.1, 0.15) is 55.3 Å². The van der Waals surface area contributed by atoms with Crippen molar-refractivity contribution in [3.05, 3.63) is 39.9 Å². The van der Waals surface area contributed by atoms with Crippen molar-refractivity contribution in [1.82, 2.24) is 10.2 Å². The van der Waals surface area contributed by atoms with Crippen LogP contribution in [0.15, 0.2) is 24.3 Å². The first-order chi connectivity index (χ1) is 11.6. The Labute approximate surface area is 142 Å². The summed E-state index contributed by atoms with van der Waals surface area (Å²) in [6, 6.07) is 7.05. The summed E-state index contributed by atoms with van der Waals surface area (Å²) < 4.78 is 0. The molecule has 24 heavy (non-hydrogen) atoms. The maximum absolute atomic E-state index is 12.5. The molecule has 1 amide bonds. The molecule has 1 saturated heterocycles. The number of non-ortho nitro benzene ring substituents is 1. The summed E-state index contributed by atoms with van der Waals surface area (Å²) in [6.07, 6.45) is 8.54. The summed E-state index contributed by atoms with van der Waals surface area (Å²) in [5.41, 5.74) is 0.543. The Morgan fingerprint density at radius 1 is 1.00 bits per heavy atom. The summed E-state index contributed by atoms with van der Waals surface area (Å²) in [6.45, 7) is 1.50. The molecule has 0 aromatic heterocycles. The number of nitro benzene ring substituents is 1. The second kappa shape index (κ2) is 7.75. The van der Waals surface area contributed by atoms with Crippen LogP contribution < -0.4 is 5.32 Å². The number of carbonyl (C=O) groups excluding carboxylic acids is 1. The van der Waals surface area contributed by atoms with Crippen molar-refractivity contribution in [3.63, 3.8) is 0 Å². The van der Waals surface area contributed by atoms with Crippen LogP contribution in [0.5, 0.6) is 0 Å². The molecule has 0 atom stereocenters. The maximum atomic E-state index is 12.5. The van der Waals surface area contributed by atoms with E-state index in [-0.39, 0.29) is 11.6 Å². The number of nitro groups is 1. The lowest BCUT2D eigenvalue weighted by atomic mass is 9.93. The number of piperidine rings is 1. The zero-order valence-electron chi connectivity index (χ0n) is 13.9. The largest absolute Gasteiger partial charge is 0.339 e. The van der Waals surface area contributed by atoms with Crippen LogP contribution in [0.25, 0.3) is 0 Å². The lowest BCUT2D eigenvalue weighted by Crippen LogP contribution is -2.48. The highest BCUT2D eigenvalue weighted by Crippen LogP contribution is 2.21. The molecule has 0 spiro atoms. The van der Waals surface area contributed by atoms with E-state index in [0.717, 1.165) is 25.9 Å². The summed E-state index contributed by atoms with van der Waals surface area (Å²) in [4.78, 5) is 24.6. The van der Waals surface area contributed by atoms with Crippen molar-refractivity contribution in [2.75, 3.05) is 13.1 Å². The fourth-order valence-corrected chi connectivity index (χ4v) is 3.76. The van der Waals surface area contributed by atoms with E-state index in [1.807, 2.05) is 4.90 Å². The van der Waals surface area contributed by atoms with E-state index in [1.54, 1.807) is 12.1 Å². The summed E-state index contributed by atoms with van der Waals surface area (Å²) >= 11 is 0. The molecule has 0 unspecified atom stereocenters. The smallest absolute Gasteiger partial charge is 0.269 e. The Morgan fingerprint density at radius 3 is 2.17 bits per heavy atom. The van der Waals surface area contributed by atoms with E-state index >= 15 is 0 Å². The number of benzene rings is 1. The van der Waals surface area contributed by atoms with E-state index < -0.39 is 4.92 Å². The topological polar surface area (TPSA) is 75.5 Å². The van der Waals surface area contributed by atoms with Crippen molar-refractivity contribution in [2.45, 2.75) is 57.0 Å². The molecular weight excluding hydrogens is 306 g/mol. The molecule has 0 radical (unpaired) electrons. The fourth-order valence-electron chi connectivity index (χ4n) is 3.76. The van der Waals surface area contributed by atoms with Gasteiger partial charge in [0.2, 0.25) is 0 Å². The Bertz CT molecular complexity index is 574. The van der Waals surface area contributed by atoms with Crippen LogP contribution in [0.2, 0.25) is 0 Å². The molecule has 1 aliphatic carbocycles. The summed E-state index contributed by atoms with van der Waals surface area (Å²) in [7, 11) is 0. The van der Waals surface area contributed by atoms with Crippen molar-refractivity contribution in [1.29, 1.82) is 0 Å². The third-order valence-electron chi connectivity index (χ3n) is 5.18. The van der Waals surface area contributed by atoms with Gasteiger partial charge in [0.05, 0.1) is 4.92 Å². The third-order valence-corrected chi connectivity index (χ3v) is 5.18. The average Bonchev–Trinajstić information content (AvgIpc) is 2.63. The third kappa shape index (κ3) is 4.12. The zero-order chi connectivity index (χ0) is 16.9. The van der Waals surface area contributed by atoms with Gasteiger partial charge in [-0.05, 0) is 37.8 Å². The Morgan fingerprint density at radius 2 is 1.58 bits per heavy atom. The molecule has 130 valence electrons. The van der Waals surface area contributed by atoms with E-state index in [0.29, 0.717) is 17.6 Å². The van der Waals surface area contributed by atoms with E-state index in [2.05, 4.69) is 5.32 Å². The predicted octanol–water partition coefficient (Wildman–Crippen LogP) is 3.12. The molecule has 6 heteroatoms. The van der Waals surface area contributed by atoms with Gasteiger partial charge in [-0.3, -0.25) is 14.9 Å². The van der Waals surface area contributed by atoms with Crippen LogP contribution in [0, 0.1) is 10.1 Å². The molecule has 2 aliphatic rings. The number of nitrogens with one attached hydrogen (secondary N) is 1. The molecule has 1 aromatic rings. The summed E-state index contributed by atoms with van der Waals surface area (Å²) in [5.74, 6) is -0.0268. The van der Waals surface area contributed by atoms with Gasteiger partial charge in [0, 0.05) is 42.9 Å². The average molecular weight is 331 g/mol. The maximum Gasteiger partial charge on any atom is 0.269 e. The Kier molecular flexibility index (Phi) is 5.45. The standard InChI is InChI=1S/C18H25N3O3/c22-18(14-6-8-17(9-7-14)21(23)24)20-12-10-16(11-13-20)19-15-4-2-1-3-5-15/h6-9,15-16,19H,1-5,10-13H2. The van der Waals surface area contributed by atoms with Gasteiger partial charge in [0.25, 0.3) is 11.6 Å². The number of hydrogen-bond donors (Lipinski definition) is 1. The van der Waals surface area contributed by atoms with Gasteiger partial charge < -0.3 is 10.2 Å². The first-order valence-corrected chi connectivity index (χ1v) is 8.93. The zero-order valence-corrected chi connectivity index (χ0v) is 13.9. The van der Waals surface area contributed by atoms with Crippen molar-refractivity contribution < 1.29 is 9.72 Å². The van der Waals surface area contributed by atoms with Gasteiger partial charge in [-0.2, -0.15) is 0 Å². The quantitative estimate of drug-likeness (QED) is 0.679. The monoisotopic (exact) mass is 331 g/mol. The molecule has 0 bridgehead atoms. The number of amides is 1. The highest BCUT2D eigenvalue weighted by Gasteiger charge is 2.25. The van der Waals surface area contributed by atoms with Gasteiger partial charge in [0.1, 0.15) is 0 Å². The lowest BCUT2D eigenvalue weighted by Gasteiger charge is -2.35. The highest BCUT2D eigenvalue weighted by molar-refractivity contribution is 5.94. The van der Waals surface area contributed by atoms with Crippen LogP contribution in [0.3, 0.4) is 0 Å². The predicted molar refractivity (Wildman–Crippen MR) is 92.0 cm³/mol. The first-order valence-electron chi connectivity index (χ1n) is 8.93. The van der Waals surface area contributed by atoms with Crippen LogP contribution in [-0.2, 0) is 0 Å². The van der Waals surface area contributed by atoms with Gasteiger partial charge in [0.15, 0.2) is 0 Å². The van der Waals surface area contributed by atoms with Gasteiger partial charge in [-0.15, -0.1) is 0 Å². The molecule has 1 saturated carbocycles. The molecule has 6 nitrogen and oxygen atoms in total. The number of carbonyl (C=O) groups is 1. The minimum Gasteiger partial charge on any atom is -0.339 e. The second-order valence-corrected chi connectivity index (χ2v) is 6.87. The molecule has 1 aromatic carbocycles.